The predicted octanol–water partition coefficient (Wildman–Crippen LogP) is 1.91. The van der Waals surface area contributed by atoms with E-state index in [0.717, 1.165) is 0 Å². The molecule has 0 bridgehead atoms. The van der Waals surface area contributed by atoms with Crippen molar-refractivity contribution in [2.24, 2.45) is 0 Å². The molecule has 0 fully saturated rings. The third-order valence-electron chi connectivity index (χ3n) is 1.10. The summed E-state index contributed by atoms with van der Waals surface area (Å²) in [7, 11) is -4.92. The van der Waals surface area contributed by atoms with Crippen molar-refractivity contribution >= 4 is 21.6 Å². The highest BCUT2D eigenvalue weighted by Gasteiger charge is 2.30. The minimum Gasteiger partial charge on any atom is -0.242 e. The summed E-state index contributed by atoms with van der Waals surface area (Å²) in [4.78, 5) is 3.10. The van der Waals surface area contributed by atoms with Gasteiger partial charge in [-0.1, -0.05) is 15.2 Å². The topological polar surface area (TPSA) is 47.0 Å². The van der Waals surface area contributed by atoms with Gasteiger partial charge in [-0.05, 0) is 0 Å². The number of halogens is 3. The summed E-state index contributed by atoms with van der Waals surface area (Å²) >= 11 is 0.123. The van der Waals surface area contributed by atoms with Gasteiger partial charge in [0.2, 0.25) is 0 Å². The molecule has 13 heavy (non-hydrogen) atoms. The zero-order chi connectivity index (χ0) is 10.3. The molecule has 0 N–H and O–H groups in total. The third-order valence-corrected chi connectivity index (χ3v) is 3.50. The average Bonchev–Trinajstić information content (AvgIpc) is 2.28. The lowest BCUT2D eigenvalue weighted by atomic mass is 10.4. The first-order valence-corrected chi connectivity index (χ1v) is 5.20. The van der Waals surface area contributed by atoms with E-state index < -0.39 is 25.4 Å². The fourth-order valence-corrected chi connectivity index (χ4v) is 1.97. The second kappa shape index (κ2) is 2.95. The van der Waals surface area contributed by atoms with Crippen LogP contribution < -0.4 is 0 Å². The molecule has 0 aromatic carbocycles. The molecule has 1 rings (SSSR count). The summed E-state index contributed by atoms with van der Waals surface area (Å²) < 4.78 is 56.9. The Bertz CT molecular complexity index is 406. The Labute approximate surface area is 76.4 Å². The third kappa shape index (κ3) is 2.41. The van der Waals surface area contributed by atoms with E-state index >= 15 is 0 Å². The zero-order valence-electron chi connectivity index (χ0n) is 6.29. The van der Waals surface area contributed by atoms with Crippen molar-refractivity contribution in [2.75, 3.05) is 0 Å². The number of aromatic nitrogens is 1. The first-order chi connectivity index (χ1) is 5.71. The molecule has 74 valence electrons. The van der Waals surface area contributed by atoms with E-state index in [0.29, 0.717) is 13.1 Å². The second-order valence-corrected chi connectivity index (χ2v) is 4.92. The Balaban J connectivity index is 3.16. The highest BCUT2D eigenvalue weighted by Crippen LogP contribution is 2.32. The lowest BCUT2D eigenvalue weighted by molar-refractivity contribution is 0.0172. The van der Waals surface area contributed by atoms with Crippen LogP contribution >= 0.6 is 11.3 Å². The molecule has 0 saturated heterocycles. The van der Waals surface area contributed by atoms with Gasteiger partial charge in [-0.2, -0.15) is 17.2 Å². The number of thiazole rings is 1. The maximum absolute atomic E-state index is 12.5. The molecule has 0 radical (unpaired) electrons. The Kier molecular flexibility index (Phi) is 2.37. The van der Waals surface area contributed by atoms with Gasteiger partial charge in [0, 0.05) is 6.92 Å². The van der Waals surface area contributed by atoms with Crippen molar-refractivity contribution in [3.63, 3.8) is 0 Å². The normalized spacial score (nSPS) is 13.2. The quantitative estimate of drug-likeness (QED) is 0.730. The van der Waals surface area contributed by atoms with Crippen LogP contribution in [0, 0.1) is 0 Å². The second-order valence-electron chi connectivity index (χ2n) is 2.31. The summed E-state index contributed by atoms with van der Waals surface area (Å²) in [6, 6.07) is 0. The van der Waals surface area contributed by atoms with Gasteiger partial charge in [-0.15, -0.1) is 0 Å². The maximum atomic E-state index is 12.5. The highest BCUT2D eigenvalue weighted by atomic mass is 32.3. The molecule has 8 heteroatoms. The van der Waals surface area contributed by atoms with E-state index in [1.807, 2.05) is 0 Å². The van der Waals surface area contributed by atoms with Gasteiger partial charge in [-0.25, -0.2) is 4.98 Å². The number of alkyl halides is 2. The first kappa shape index (κ1) is 10.5. The Morgan fingerprint density at radius 2 is 2.08 bits per heavy atom. The minimum atomic E-state index is -4.92. The molecule has 0 aliphatic heterocycles. The van der Waals surface area contributed by atoms with Crippen molar-refractivity contribution in [3.05, 3.63) is 11.2 Å². The monoisotopic (exact) mass is 231 g/mol. The van der Waals surface area contributed by atoms with Gasteiger partial charge in [-0.3, -0.25) is 0 Å². The van der Waals surface area contributed by atoms with E-state index in [1.165, 1.54) is 0 Å². The van der Waals surface area contributed by atoms with E-state index in [2.05, 4.69) is 4.98 Å². The fraction of sp³-hybridized carbons (Fsp3) is 0.400. The van der Waals surface area contributed by atoms with Gasteiger partial charge < -0.3 is 0 Å². The smallest absolute Gasteiger partial charge is 0.242 e. The molecule has 1 aromatic heterocycles. The largest absolute Gasteiger partial charge is 0.343 e. The molecule has 0 spiro atoms. The molecule has 1 heterocycles. The van der Waals surface area contributed by atoms with Crippen LogP contribution in [-0.2, 0) is 16.1 Å². The molecule has 0 saturated carbocycles. The van der Waals surface area contributed by atoms with Crippen molar-refractivity contribution < 1.29 is 21.1 Å². The van der Waals surface area contributed by atoms with E-state index in [4.69, 9.17) is 0 Å². The standard InChI is InChI=1S/C5H4F3NO2S2/c1-5(6,7)4-9-2-3(12-4)13(8,10)11/h2H,1H3. The highest BCUT2D eigenvalue weighted by molar-refractivity contribution is 7.88. The van der Waals surface area contributed by atoms with Gasteiger partial charge in [0.05, 0.1) is 6.20 Å². The van der Waals surface area contributed by atoms with Crippen LogP contribution in [0.2, 0.25) is 0 Å². The number of hydrogen-bond donors (Lipinski definition) is 0. The van der Waals surface area contributed by atoms with E-state index in [1.54, 1.807) is 0 Å². The van der Waals surface area contributed by atoms with Gasteiger partial charge in [0.15, 0.2) is 9.22 Å². The number of hydrogen-bond acceptors (Lipinski definition) is 4. The average molecular weight is 231 g/mol. The Hall–Kier alpha value is -0.630. The molecule has 0 unspecified atom stereocenters. The van der Waals surface area contributed by atoms with Crippen LogP contribution in [0.15, 0.2) is 10.4 Å². The van der Waals surface area contributed by atoms with E-state index in [-0.39, 0.29) is 11.3 Å². The van der Waals surface area contributed by atoms with Crippen molar-refractivity contribution in [1.82, 2.24) is 4.98 Å². The first-order valence-electron chi connectivity index (χ1n) is 3.00. The maximum Gasteiger partial charge on any atom is 0.343 e. The van der Waals surface area contributed by atoms with Gasteiger partial charge in [0.1, 0.15) is 0 Å². The summed E-state index contributed by atoms with van der Waals surface area (Å²) in [6.07, 6.45) is 0.576. The van der Waals surface area contributed by atoms with Crippen LogP contribution in [0.1, 0.15) is 11.9 Å². The molecular formula is C5H4F3NO2S2. The molecule has 0 atom stereocenters. The molecular weight excluding hydrogens is 227 g/mol. The molecule has 0 aliphatic carbocycles. The zero-order valence-corrected chi connectivity index (χ0v) is 7.92. The van der Waals surface area contributed by atoms with Crippen molar-refractivity contribution in [1.29, 1.82) is 0 Å². The fourth-order valence-electron chi connectivity index (χ4n) is 0.575. The molecule has 1 aromatic rings. The summed E-state index contributed by atoms with van der Waals surface area (Å²) in [6.45, 7) is 0.556. The van der Waals surface area contributed by atoms with Crippen LogP contribution in [0.5, 0.6) is 0 Å². The Morgan fingerprint density at radius 3 is 2.31 bits per heavy atom. The number of nitrogens with zero attached hydrogens (tertiary/aromatic N) is 1. The lowest BCUT2D eigenvalue weighted by Gasteiger charge is -2.03. The summed E-state index contributed by atoms with van der Waals surface area (Å²) in [5, 5.41) is -0.719. The lowest BCUT2D eigenvalue weighted by Crippen LogP contribution is -2.05. The van der Waals surface area contributed by atoms with Crippen molar-refractivity contribution in [3.8, 4) is 0 Å². The van der Waals surface area contributed by atoms with E-state index in [9.17, 15) is 21.1 Å². The van der Waals surface area contributed by atoms with Crippen LogP contribution in [0.3, 0.4) is 0 Å². The minimum absolute atomic E-state index is 0.123. The van der Waals surface area contributed by atoms with Gasteiger partial charge in [0.25, 0.3) is 5.92 Å². The summed E-state index contributed by atoms with van der Waals surface area (Å²) in [5.74, 6) is -3.24. The Morgan fingerprint density at radius 1 is 1.54 bits per heavy atom. The van der Waals surface area contributed by atoms with Crippen LogP contribution in [-0.4, -0.2) is 13.4 Å². The van der Waals surface area contributed by atoms with Crippen molar-refractivity contribution in [2.45, 2.75) is 17.1 Å². The predicted molar refractivity (Wildman–Crippen MR) is 40.0 cm³/mol. The molecule has 0 amide bonds. The van der Waals surface area contributed by atoms with Crippen LogP contribution in [0.25, 0.3) is 0 Å². The van der Waals surface area contributed by atoms with Crippen LogP contribution in [0.4, 0.5) is 12.7 Å². The van der Waals surface area contributed by atoms with Gasteiger partial charge >= 0.3 is 10.2 Å². The number of rotatable bonds is 2. The molecule has 3 nitrogen and oxygen atoms in total. The summed E-state index contributed by atoms with van der Waals surface area (Å²) in [5.41, 5.74) is 0. The SMILES string of the molecule is CC(F)(F)c1ncc(S(=O)(=O)F)s1. The molecule has 0 aliphatic rings.